The molecule has 39 heavy (non-hydrogen) atoms. The molecule has 1 amide bonds. The zero-order valence-corrected chi connectivity index (χ0v) is 21.0. The van der Waals surface area contributed by atoms with Crippen LogP contribution in [0.25, 0.3) is 0 Å². The van der Waals surface area contributed by atoms with Crippen LogP contribution in [0.4, 0.5) is 42.0 Å². The van der Waals surface area contributed by atoms with Gasteiger partial charge in [0.05, 0.1) is 18.5 Å². The molecule has 0 spiro atoms. The first kappa shape index (κ1) is 26.1. The summed E-state index contributed by atoms with van der Waals surface area (Å²) in [6.07, 6.45) is -4.08. The topological polar surface area (TPSA) is 113 Å². The summed E-state index contributed by atoms with van der Waals surface area (Å²) in [6.45, 7) is 7.14. The summed E-state index contributed by atoms with van der Waals surface area (Å²) in [4.78, 5) is 23.0. The average Bonchev–Trinajstić information content (AvgIpc) is 3.06. The van der Waals surface area contributed by atoms with Crippen molar-refractivity contribution in [2.75, 3.05) is 55.4 Å². The SMILES string of the molecule is C=C1COc2cccc(Nc3nc(Nc4ccc(N5CCNCC5)cc4OC)ncc3C(F)(F)F)c2C(=O)N1. The van der Waals surface area contributed by atoms with Crippen molar-refractivity contribution >= 4 is 34.7 Å². The summed E-state index contributed by atoms with van der Waals surface area (Å²) in [5.41, 5.74) is 0.759. The van der Waals surface area contributed by atoms with Crippen molar-refractivity contribution in [2.24, 2.45) is 0 Å². The number of hydrogen-bond donors (Lipinski definition) is 4. The number of methoxy groups -OCH3 is 1. The molecule has 0 unspecified atom stereocenters. The number of amides is 1. The van der Waals surface area contributed by atoms with E-state index in [4.69, 9.17) is 9.47 Å². The lowest BCUT2D eigenvalue weighted by Crippen LogP contribution is -2.43. The van der Waals surface area contributed by atoms with Gasteiger partial charge in [-0.15, -0.1) is 0 Å². The van der Waals surface area contributed by atoms with Gasteiger partial charge in [-0.05, 0) is 24.3 Å². The van der Waals surface area contributed by atoms with Crippen LogP contribution in [0.5, 0.6) is 11.5 Å². The molecule has 2 aliphatic heterocycles. The van der Waals surface area contributed by atoms with Gasteiger partial charge >= 0.3 is 6.18 Å². The van der Waals surface area contributed by atoms with Crippen molar-refractivity contribution < 1.29 is 27.4 Å². The van der Waals surface area contributed by atoms with Gasteiger partial charge < -0.3 is 35.6 Å². The highest BCUT2D eigenvalue weighted by molar-refractivity contribution is 6.04. The molecule has 2 aromatic carbocycles. The molecule has 0 radical (unpaired) electrons. The number of carbonyl (C=O) groups excluding carboxylic acids is 1. The summed E-state index contributed by atoms with van der Waals surface area (Å²) >= 11 is 0. The molecule has 1 aromatic heterocycles. The number of ether oxygens (including phenoxy) is 2. The highest BCUT2D eigenvalue weighted by atomic mass is 19.4. The van der Waals surface area contributed by atoms with Gasteiger partial charge in [-0.1, -0.05) is 12.6 Å². The summed E-state index contributed by atoms with van der Waals surface area (Å²) in [5.74, 6) is -0.528. The van der Waals surface area contributed by atoms with E-state index in [0.29, 0.717) is 23.3 Å². The quantitative estimate of drug-likeness (QED) is 0.367. The Labute approximate surface area is 222 Å². The van der Waals surface area contributed by atoms with Crippen molar-refractivity contribution in [3.63, 3.8) is 0 Å². The predicted molar refractivity (Wildman–Crippen MR) is 140 cm³/mol. The van der Waals surface area contributed by atoms with Crippen LogP contribution >= 0.6 is 0 Å². The van der Waals surface area contributed by atoms with Crippen molar-refractivity contribution in [3.05, 3.63) is 66.0 Å². The van der Waals surface area contributed by atoms with Crippen LogP contribution in [0.2, 0.25) is 0 Å². The minimum atomic E-state index is -4.76. The second kappa shape index (κ2) is 10.7. The van der Waals surface area contributed by atoms with Crippen LogP contribution < -0.4 is 35.6 Å². The Morgan fingerprint density at radius 2 is 1.92 bits per heavy atom. The fourth-order valence-corrected chi connectivity index (χ4v) is 4.31. The second-order valence-corrected chi connectivity index (χ2v) is 8.85. The second-order valence-electron chi connectivity index (χ2n) is 8.85. The molecule has 4 N–H and O–H groups in total. The number of fused-ring (bicyclic) bond motifs is 1. The molecule has 0 aliphatic carbocycles. The van der Waals surface area contributed by atoms with Crippen LogP contribution in [0.3, 0.4) is 0 Å². The lowest BCUT2D eigenvalue weighted by atomic mass is 10.1. The number of halogens is 3. The third-order valence-corrected chi connectivity index (χ3v) is 6.21. The van der Waals surface area contributed by atoms with Gasteiger partial charge in [-0.3, -0.25) is 4.79 Å². The molecule has 1 saturated heterocycles. The van der Waals surface area contributed by atoms with Gasteiger partial charge in [-0.2, -0.15) is 18.2 Å². The predicted octanol–water partition coefficient (Wildman–Crippen LogP) is 4.04. The maximum absolute atomic E-state index is 13.9. The van der Waals surface area contributed by atoms with Crippen LogP contribution in [0, 0.1) is 0 Å². The van der Waals surface area contributed by atoms with Gasteiger partial charge in [0, 0.05) is 49.8 Å². The molecule has 0 saturated carbocycles. The Bertz CT molecular complexity index is 1410. The van der Waals surface area contributed by atoms with Crippen molar-refractivity contribution in [1.29, 1.82) is 0 Å². The van der Waals surface area contributed by atoms with E-state index in [9.17, 15) is 18.0 Å². The minimum Gasteiger partial charge on any atom is -0.494 e. The van der Waals surface area contributed by atoms with E-state index >= 15 is 0 Å². The summed E-state index contributed by atoms with van der Waals surface area (Å²) < 4.78 is 52.8. The monoisotopic (exact) mass is 541 g/mol. The maximum Gasteiger partial charge on any atom is 0.421 e. The number of benzene rings is 2. The van der Waals surface area contributed by atoms with E-state index < -0.39 is 23.5 Å². The number of piperazine rings is 1. The summed E-state index contributed by atoms with van der Waals surface area (Å²) in [7, 11) is 1.51. The van der Waals surface area contributed by atoms with E-state index in [1.807, 2.05) is 12.1 Å². The summed E-state index contributed by atoms with van der Waals surface area (Å²) in [6, 6.07) is 10.1. The van der Waals surface area contributed by atoms with Crippen LogP contribution in [0.1, 0.15) is 15.9 Å². The number of alkyl halides is 3. The normalized spacial score (nSPS) is 15.5. The standard InChI is InChI=1S/C26H26F3N7O3/c1-15-14-39-20-5-3-4-19(22(20)24(37)32-15)33-23-17(26(27,28)29)13-31-25(35-23)34-18-7-6-16(12-21(18)38-2)36-10-8-30-9-11-36/h3-7,12-13,30H,1,8-11,14H2,2H3,(H,32,37)(H2,31,33,34,35). The average molecular weight is 542 g/mol. The lowest BCUT2D eigenvalue weighted by molar-refractivity contribution is -0.137. The maximum atomic E-state index is 13.9. The minimum absolute atomic E-state index is 0.0302. The summed E-state index contributed by atoms with van der Waals surface area (Å²) in [5, 5.41) is 11.5. The Hall–Kier alpha value is -4.52. The molecular formula is C26H26F3N7O3. The van der Waals surface area contributed by atoms with E-state index in [0.717, 1.165) is 31.9 Å². The van der Waals surface area contributed by atoms with E-state index in [1.54, 1.807) is 18.2 Å². The number of carbonyl (C=O) groups is 1. The fourth-order valence-electron chi connectivity index (χ4n) is 4.31. The van der Waals surface area contributed by atoms with Crippen LogP contribution in [0.15, 0.2) is 54.9 Å². The van der Waals surface area contributed by atoms with E-state index in [1.165, 1.54) is 13.2 Å². The molecule has 0 bridgehead atoms. The number of rotatable bonds is 6. The molecule has 0 atom stereocenters. The molecule has 3 aromatic rings. The third kappa shape index (κ3) is 5.67. The first-order valence-electron chi connectivity index (χ1n) is 12.1. The van der Waals surface area contributed by atoms with E-state index in [2.05, 4.69) is 42.7 Å². The van der Waals surface area contributed by atoms with Gasteiger partial charge in [0.15, 0.2) is 0 Å². The molecule has 2 aliphatic rings. The van der Waals surface area contributed by atoms with Gasteiger partial charge in [0.25, 0.3) is 5.91 Å². The third-order valence-electron chi connectivity index (χ3n) is 6.21. The number of nitrogens with one attached hydrogen (secondary N) is 4. The van der Waals surface area contributed by atoms with Crippen LogP contribution in [-0.2, 0) is 6.18 Å². The molecule has 1 fully saturated rings. The van der Waals surface area contributed by atoms with Crippen molar-refractivity contribution in [2.45, 2.75) is 6.18 Å². The van der Waals surface area contributed by atoms with Crippen molar-refractivity contribution in [1.82, 2.24) is 20.6 Å². The molecule has 5 rings (SSSR count). The first-order valence-corrected chi connectivity index (χ1v) is 12.1. The number of nitrogens with zero attached hydrogens (tertiary/aromatic N) is 3. The van der Waals surface area contributed by atoms with Gasteiger partial charge in [-0.25, -0.2) is 4.98 Å². The number of hydrogen-bond acceptors (Lipinski definition) is 9. The molecule has 204 valence electrons. The van der Waals surface area contributed by atoms with Crippen molar-refractivity contribution in [3.8, 4) is 11.5 Å². The zero-order chi connectivity index (χ0) is 27.6. The van der Waals surface area contributed by atoms with E-state index in [-0.39, 0.29) is 29.6 Å². The Morgan fingerprint density at radius 1 is 1.13 bits per heavy atom. The Kier molecular flexibility index (Phi) is 7.15. The van der Waals surface area contributed by atoms with Crippen LogP contribution in [-0.4, -0.2) is 55.8 Å². The fraction of sp³-hybridized carbons (Fsp3) is 0.269. The molecule has 13 heteroatoms. The number of aromatic nitrogens is 2. The largest absolute Gasteiger partial charge is 0.494 e. The van der Waals surface area contributed by atoms with Gasteiger partial charge in [0.1, 0.15) is 35.1 Å². The van der Waals surface area contributed by atoms with Gasteiger partial charge in [0.2, 0.25) is 5.95 Å². The molecule has 10 nitrogen and oxygen atoms in total. The zero-order valence-electron chi connectivity index (χ0n) is 21.0. The number of anilines is 5. The Morgan fingerprint density at radius 3 is 2.67 bits per heavy atom. The highest BCUT2D eigenvalue weighted by Crippen LogP contribution is 2.38. The lowest BCUT2D eigenvalue weighted by Gasteiger charge is -2.30. The Balaban J connectivity index is 1.47. The highest BCUT2D eigenvalue weighted by Gasteiger charge is 2.36. The smallest absolute Gasteiger partial charge is 0.421 e. The first-order chi connectivity index (χ1) is 18.7. The molecular weight excluding hydrogens is 515 g/mol. The molecule has 3 heterocycles.